The number of aryl methyl sites for hydroxylation is 1. The van der Waals surface area contributed by atoms with E-state index in [1.807, 2.05) is 43.5 Å². The van der Waals surface area contributed by atoms with Gasteiger partial charge in [-0.3, -0.25) is 19.3 Å². The van der Waals surface area contributed by atoms with Crippen LogP contribution in [-0.2, 0) is 4.79 Å². The first-order valence-electron chi connectivity index (χ1n) is 11.2. The number of hydrogen-bond donors (Lipinski definition) is 2. The van der Waals surface area contributed by atoms with E-state index in [0.717, 1.165) is 16.8 Å². The third-order valence-corrected chi connectivity index (χ3v) is 6.91. The summed E-state index contributed by atoms with van der Waals surface area (Å²) < 4.78 is 0. The molecule has 0 aliphatic carbocycles. The SMILES string of the molecule is Cc1cccc(NC(=O)CN2CCN(C(=O)c3ccc(NC(=O)c4cccs4)cc3)CC2)c1C. The Kier molecular flexibility index (Phi) is 7.40. The zero-order valence-electron chi connectivity index (χ0n) is 19.3. The van der Waals surface area contributed by atoms with E-state index in [2.05, 4.69) is 15.5 Å². The highest BCUT2D eigenvalue weighted by atomic mass is 32.1. The molecule has 34 heavy (non-hydrogen) atoms. The summed E-state index contributed by atoms with van der Waals surface area (Å²) in [7, 11) is 0. The molecule has 7 nitrogen and oxygen atoms in total. The van der Waals surface area contributed by atoms with E-state index in [-0.39, 0.29) is 17.7 Å². The fraction of sp³-hybridized carbons (Fsp3) is 0.269. The molecular formula is C26H28N4O3S. The molecular weight excluding hydrogens is 448 g/mol. The normalized spacial score (nSPS) is 14.0. The molecule has 0 unspecified atom stereocenters. The van der Waals surface area contributed by atoms with Crippen LogP contribution in [0.3, 0.4) is 0 Å². The minimum Gasteiger partial charge on any atom is -0.336 e. The highest BCUT2D eigenvalue weighted by Crippen LogP contribution is 2.19. The van der Waals surface area contributed by atoms with Crippen molar-refractivity contribution in [3.8, 4) is 0 Å². The number of carbonyl (C=O) groups excluding carboxylic acids is 3. The van der Waals surface area contributed by atoms with Crippen molar-refractivity contribution < 1.29 is 14.4 Å². The van der Waals surface area contributed by atoms with E-state index >= 15 is 0 Å². The molecule has 176 valence electrons. The lowest BCUT2D eigenvalue weighted by molar-refractivity contribution is -0.117. The van der Waals surface area contributed by atoms with Gasteiger partial charge in [0.25, 0.3) is 11.8 Å². The Morgan fingerprint density at radius 3 is 2.29 bits per heavy atom. The van der Waals surface area contributed by atoms with Gasteiger partial charge in [-0.25, -0.2) is 0 Å². The molecule has 4 rings (SSSR count). The number of anilines is 2. The van der Waals surface area contributed by atoms with Crippen molar-refractivity contribution in [1.29, 1.82) is 0 Å². The number of thiophene rings is 1. The minimum absolute atomic E-state index is 0.0457. The molecule has 8 heteroatoms. The van der Waals surface area contributed by atoms with Crippen LogP contribution in [0.4, 0.5) is 11.4 Å². The lowest BCUT2D eigenvalue weighted by atomic mass is 10.1. The van der Waals surface area contributed by atoms with Crippen LogP contribution in [0.5, 0.6) is 0 Å². The standard InChI is InChI=1S/C26H28N4O3S/c1-18-5-3-6-22(19(18)2)28-24(31)17-29-12-14-30(15-13-29)26(33)20-8-10-21(11-9-20)27-25(32)23-7-4-16-34-23/h3-11,16H,12-15,17H2,1-2H3,(H,27,32)(H,28,31). The number of amides is 3. The molecule has 0 radical (unpaired) electrons. The van der Waals surface area contributed by atoms with Crippen LogP contribution < -0.4 is 10.6 Å². The smallest absolute Gasteiger partial charge is 0.265 e. The number of carbonyl (C=O) groups is 3. The van der Waals surface area contributed by atoms with E-state index < -0.39 is 0 Å². The van der Waals surface area contributed by atoms with Gasteiger partial charge < -0.3 is 15.5 Å². The quantitative estimate of drug-likeness (QED) is 0.563. The van der Waals surface area contributed by atoms with Crippen LogP contribution in [0.25, 0.3) is 0 Å². The van der Waals surface area contributed by atoms with Crippen molar-refractivity contribution in [3.63, 3.8) is 0 Å². The number of benzene rings is 2. The van der Waals surface area contributed by atoms with Crippen molar-refractivity contribution >= 4 is 40.4 Å². The van der Waals surface area contributed by atoms with Crippen LogP contribution in [0.15, 0.2) is 60.0 Å². The third-order valence-electron chi connectivity index (χ3n) is 6.04. The molecule has 0 saturated carbocycles. The summed E-state index contributed by atoms with van der Waals surface area (Å²) >= 11 is 1.38. The molecule has 0 atom stereocenters. The topological polar surface area (TPSA) is 81.8 Å². The highest BCUT2D eigenvalue weighted by molar-refractivity contribution is 7.12. The molecule has 1 fully saturated rings. The largest absolute Gasteiger partial charge is 0.336 e. The number of piperazine rings is 1. The predicted molar refractivity (Wildman–Crippen MR) is 136 cm³/mol. The van der Waals surface area contributed by atoms with E-state index in [0.29, 0.717) is 48.9 Å². The average Bonchev–Trinajstić information content (AvgIpc) is 3.38. The Hall–Kier alpha value is -3.49. The van der Waals surface area contributed by atoms with E-state index in [1.165, 1.54) is 11.3 Å². The zero-order valence-corrected chi connectivity index (χ0v) is 20.2. The summed E-state index contributed by atoms with van der Waals surface area (Å²) in [5, 5.41) is 7.69. The van der Waals surface area contributed by atoms with Crippen LogP contribution in [0.2, 0.25) is 0 Å². The third kappa shape index (κ3) is 5.70. The zero-order chi connectivity index (χ0) is 24.1. The highest BCUT2D eigenvalue weighted by Gasteiger charge is 2.23. The summed E-state index contributed by atoms with van der Waals surface area (Å²) in [5.74, 6) is -0.254. The van der Waals surface area contributed by atoms with Gasteiger partial charge in [0.1, 0.15) is 0 Å². The van der Waals surface area contributed by atoms with Crippen LogP contribution in [0.1, 0.15) is 31.2 Å². The molecule has 3 aromatic rings. The van der Waals surface area contributed by atoms with Crippen molar-refractivity contribution in [2.24, 2.45) is 0 Å². The predicted octanol–water partition coefficient (Wildman–Crippen LogP) is 4.01. The van der Waals surface area contributed by atoms with Gasteiger partial charge in [0.05, 0.1) is 11.4 Å². The van der Waals surface area contributed by atoms with Crippen molar-refractivity contribution in [1.82, 2.24) is 9.80 Å². The Labute approximate surface area is 203 Å². The maximum atomic E-state index is 12.9. The van der Waals surface area contributed by atoms with Crippen LogP contribution in [-0.4, -0.2) is 60.2 Å². The molecule has 2 aromatic carbocycles. The molecule has 2 heterocycles. The van der Waals surface area contributed by atoms with E-state index in [1.54, 1.807) is 35.2 Å². The Balaban J connectivity index is 1.25. The first kappa shape index (κ1) is 23.7. The van der Waals surface area contributed by atoms with Gasteiger partial charge in [-0.2, -0.15) is 0 Å². The minimum atomic E-state index is -0.160. The van der Waals surface area contributed by atoms with Gasteiger partial charge in [0, 0.05) is 43.1 Å². The second-order valence-corrected chi connectivity index (χ2v) is 9.32. The molecule has 1 saturated heterocycles. The van der Waals surface area contributed by atoms with E-state index in [4.69, 9.17) is 0 Å². The molecule has 1 aliphatic rings. The average molecular weight is 477 g/mol. The number of rotatable bonds is 6. The summed E-state index contributed by atoms with van der Waals surface area (Å²) in [6, 6.07) is 16.4. The van der Waals surface area contributed by atoms with Gasteiger partial charge in [0.15, 0.2) is 0 Å². The first-order valence-corrected chi connectivity index (χ1v) is 12.1. The fourth-order valence-electron chi connectivity index (χ4n) is 3.87. The summed E-state index contributed by atoms with van der Waals surface area (Å²) in [6.07, 6.45) is 0. The second-order valence-electron chi connectivity index (χ2n) is 8.37. The molecule has 0 spiro atoms. The lowest BCUT2D eigenvalue weighted by Crippen LogP contribution is -2.50. The van der Waals surface area contributed by atoms with Gasteiger partial charge in [-0.05, 0) is 66.8 Å². The summed E-state index contributed by atoms with van der Waals surface area (Å²) in [4.78, 5) is 42.1. The van der Waals surface area contributed by atoms with Crippen LogP contribution in [0, 0.1) is 13.8 Å². The van der Waals surface area contributed by atoms with Crippen molar-refractivity contribution in [2.75, 3.05) is 43.4 Å². The number of hydrogen-bond acceptors (Lipinski definition) is 5. The van der Waals surface area contributed by atoms with Gasteiger partial charge in [-0.15, -0.1) is 11.3 Å². The molecule has 3 amide bonds. The van der Waals surface area contributed by atoms with Crippen LogP contribution >= 0.6 is 11.3 Å². The van der Waals surface area contributed by atoms with E-state index in [9.17, 15) is 14.4 Å². The first-order chi connectivity index (χ1) is 16.4. The maximum Gasteiger partial charge on any atom is 0.265 e. The van der Waals surface area contributed by atoms with Crippen molar-refractivity contribution in [3.05, 3.63) is 81.5 Å². The second kappa shape index (κ2) is 10.6. The Bertz CT molecular complexity index is 1170. The summed E-state index contributed by atoms with van der Waals surface area (Å²) in [5.41, 5.74) is 4.28. The number of nitrogens with one attached hydrogen (secondary N) is 2. The number of nitrogens with zero attached hydrogens (tertiary/aromatic N) is 2. The summed E-state index contributed by atoms with van der Waals surface area (Å²) in [6.45, 7) is 6.73. The molecule has 2 N–H and O–H groups in total. The molecule has 0 bridgehead atoms. The van der Waals surface area contributed by atoms with Gasteiger partial charge in [0.2, 0.25) is 5.91 Å². The van der Waals surface area contributed by atoms with Gasteiger partial charge >= 0.3 is 0 Å². The Morgan fingerprint density at radius 2 is 1.62 bits per heavy atom. The van der Waals surface area contributed by atoms with Crippen molar-refractivity contribution in [2.45, 2.75) is 13.8 Å². The fourth-order valence-corrected chi connectivity index (χ4v) is 4.49. The monoisotopic (exact) mass is 476 g/mol. The lowest BCUT2D eigenvalue weighted by Gasteiger charge is -2.34. The maximum absolute atomic E-state index is 12.9. The van der Waals surface area contributed by atoms with Gasteiger partial charge in [-0.1, -0.05) is 18.2 Å². The molecule has 1 aromatic heterocycles. The Morgan fingerprint density at radius 1 is 0.882 bits per heavy atom. The molecule has 1 aliphatic heterocycles.